The summed E-state index contributed by atoms with van der Waals surface area (Å²) in [6.07, 6.45) is -0.111. The summed E-state index contributed by atoms with van der Waals surface area (Å²) in [5.41, 5.74) is 0.164. The molecule has 2 aromatic carbocycles. The molecule has 2 amide bonds. The highest BCUT2D eigenvalue weighted by molar-refractivity contribution is 8.00. The lowest BCUT2D eigenvalue weighted by atomic mass is 10.2. The Morgan fingerprint density at radius 1 is 1.15 bits per heavy atom. The van der Waals surface area contributed by atoms with E-state index in [9.17, 15) is 28.3 Å². The molecule has 1 atom stereocenters. The highest BCUT2D eigenvalue weighted by Crippen LogP contribution is 2.35. The summed E-state index contributed by atoms with van der Waals surface area (Å²) in [6.45, 7) is -2.98. The number of halogens is 2. The van der Waals surface area contributed by atoms with Crippen molar-refractivity contribution in [2.75, 3.05) is 4.90 Å². The molecule has 0 aliphatic carbocycles. The van der Waals surface area contributed by atoms with E-state index in [-0.39, 0.29) is 23.4 Å². The third kappa shape index (κ3) is 4.08. The number of carbonyl (C=O) groups is 3. The number of benzene rings is 2. The summed E-state index contributed by atoms with van der Waals surface area (Å²) in [5, 5.41) is 10.4. The summed E-state index contributed by atoms with van der Waals surface area (Å²) in [7, 11) is 0. The van der Waals surface area contributed by atoms with Crippen LogP contribution in [-0.4, -0.2) is 29.6 Å². The van der Waals surface area contributed by atoms with Crippen LogP contribution in [0.15, 0.2) is 53.4 Å². The summed E-state index contributed by atoms with van der Waals surface area (Å²) in [6, 6.07) is 11.2. The molecule has 9 heteroatoms. The van der Waals surface area contributed by atoms with Crippen molar-refractivity contribution in [3.63, 3.8) is 0 Å². The summed E-state index contributed by atoms with van der Waals surface area (Å²) < 4.78 is 28.6. The van der Waals surface area contributed by atoms with Crippen LogP contribution in [0.4, 0.5) is 14.5 Å². The number of amides is 2. The third-order valence-corrected chi connectivity index (χ3v) is 5.06. The molecular formula is C18H12F2NO5S-. The lowest BCUT2D eigenvalue weighted by molar-refractivity contribution is -0.255. The largest absolute Gasteiger partial charge is 0.545 e. The molecule has 0 radical (unpaired) electrons. The van der Waals surface area contributed by atoms with Crippen molar-refractivity contribution in [3.05, 3.63) is 54.1 Å². The first-order valence-electron chi connectivity index (χ1n) is 7.75. The lowest BCUT2D eigenvalue weighted by Gasteiger charge is -2.16. The van der Waals surface area contributed by atoms with Crippen molar-refractivity contribution in [2.45, 2.75) is 23.2 Å². The average Bonchev–Trinajstić information content (AvgIpc) is 2.89. The van der Waals surface area contributed by atoms with Crippen molar-refractivity contribution in [1.82, 2.24) is 0 Å². The Morgan fingerprint density at radius 3 is 2.44 bits per heavy atom. The first-order chi connectivity index (χ1) is 12.9. The van der Waals surface area contributed by atoms with Gasteiger partial charge in [0.05, 0.1) is 16.9 Å². The highest BCUT2D eigenvalue weighted by atomic mass is 32.2. The normalized spacial score (nSPS) is 16.9. The summed E-state index contributed by atoms with van der Waals surface area (Å²) in [5.74, 6) is -2.45. The first-order valence-corrected chi connectivity index (χ1v) is 8.63. The number of hydrogen-bond donors (Lipinski definition) is 0. The van der Waals surface area contributed by atoms with Gasteiger partial charge in [-0.25, -0.2) is 4.90 Å². The molecule has 2 aromatic rings. The molecule has 6 nitrogen and oxygen atoms in total. The van der Waals surface area contributed by atoms with Crippen molar-refractivity contribution in [1.29, 1.82) is 0 Å². The third-order valence-electron chi connectivity index (χ3n) is 3.80. The van der Waals surface area contributed by atoms with Crippen molar-refractivity contribution < 1.29 is 33.0 Å². The molecule has 0 spiro atoms. The number of carboxylic acid groups (broad SMARTS) is 1. The second-order valence-corrected chi connectivity index (χ2v) is 6.78. The molecule has 1 unspecified atom stereocenters. The molecule has 27 heavy (non-hydrogen) atoms. The maximum Gasteiger partial charge on any atom is 0.387 e. The van der Waals surface area contributed by atoms with Crippen LogP contribution in [0.5, 0.6) is 5.75 Å². The van der Waals surface area contributed by atoms with E-state index in [0.29, 0.717) is 4.90 Å². The minimum atomic E-state index is -2.98. The minimum Gasteiger partial charge on any atom is -0.545 e. The second-order valence-electron chi connectivity index (χ2n) is 5.53. The molecule has 1 fully saturated rings. The first kappa shape index (κ1) is 18.8. The Hall–Kier alpha value is -2.94. The maximum absolute atomic E-state index is 12.6. The van der Waals surface area contributed by atoms with Gasteiger partial charge < -0.3 is 14.6 Å². The minimum absolute atomic E-state index is 0.0605. The predicted molar refractivity (Wildman–Crippen MR) is 90.6 cm³/mol. The average molecular weight is 392 g/mol. The van der Waals surface area contributed by atoms with Crippen LogP contribution in [-0.2, 0) is 9.59 Å². The van der Waals surface area contributed by atoms with Gasteiger partial charge >= 0.3 is 6.61 Å². The molecule has 140 valence electrons. The SMILES string of the molecule is O=C([O-])c1ccccc1SC1CC(=O)N(c2ccc(OC(F)F)cc2)C1=O. The molecule has 0 N–H and O–H groups in total. The van der Waals surface area contributed by atoms with Crippen LogP contribution >= 0.6 is 11.8 Å². The van der Waals surface area contributed by atoms with Gasteiger partial charge in [0.25, 0.3) is 0 Å². The zero-order valence-electron chi connectivity index (χ0n) is 13.6. The second kappa shape index (κ2) is 7.75. The molecule has 1 saturated heterocycles. The van der Waals surface area contributed by atoms with Gasteiger partial charge in [-0.15, -0.1) is 11.8 Å². The van der Waals surface area contributed by atoms with E-state index in [1.807, 2.05) is 0 Å². The zero-order chi connectivity index (χ0) is 19.6. The van der Waals surface area contributed by atoms with Gasteiger partial charge in [0.1, 0.15) is 5.75 Å². The van der Waals surface area contributed by atoms with Crippen molar-refractivity contribution in [3.8, 4) is 5.75 Å². The number of thioether (sulfide) groups is 1. The fourth-order valence-electron chi connectivity index (χ4n) is 2.64. The number of carboxylic acids is 1. The van der Waals surface area contributed by atoms with E-state index < -0.39 is 29.6 Å². The Labute approximate surface area is 156 Å². The molecule has 3 rings (SSSR count). The number of aromatic carboxylic acids is 1. The number of rotatable bonds is 6. The van der Waals surface area contributed by atoms with E-state index in [2.05, 4.69) is 4.74 Å². The highest BCUT2D eigenvalue weighted by Gasteiger charge is 2.40. The molecule has 1 aliphatic rings. The van der Waals surface area contributed by atoms with Crippen LogP contribution in [0.1, 0.15) is 16.8 Å². The molecule has 1 aliphatic heterocycles. The van der Waals surface area contributed by atoms with Gasteiger partial charge in [-0.1, -0.05) is 18.2 Å². The van der Waals surface area contributed by atoms with Gasteiger partial charge in [-0.2, -0.15) is 8.78 Å². The van der Waals surface area contributed by atoms with Crippen LogP contribution in [0.2, 0.25) is 0 Å². The maximum atomic E-state index is 12.6. The smallest absolute Gasteiger partial charge is 0.387 e. The van der Waals surface area contributed by atoms with Gasteiger partial charge in [0.15, 0.2) is 0 Å². The predicted octanol–water partition coefficient (Wildman–Crippen LogP) is 2.08. The van der Waals surface area contributed by atoms with E-state index >= 15 is 0 Å². The summed E-state index contributed by atoms with van der Waals surface area (Å²) in [4.78, 5) is 37.4. The van der Waals surface area contributed by atoms with Crippen LogP contribution in [0.3, 0.4) is 0 Å². The molecule has 1 heterocycles. The molecule has 0 saturated carbocycles. The molecule has 0 aromatic heterocycles. The van der Waals surface area contributed by atoms with Gasteiger partial charge in [-0.05, 0) is 30.3 Å². The number of nitrogens with zero attached hydrogens (tertiary/aromatic N) is 1. The monoisotopic (exact) mass is 392 g/mol. The van der Waals surface area contributed by atoms with E-state index in [1.54, 1.807) is 6.07 Å². The number of anilines is 1. The van der Waals surface area contributed by atoms with Crippen LogP contribution in [0.25, 0.3) is 0 Å². The number of carbonyl (C=O) groups excluding carboxylic acids is 3. The van der Waals surface area contributed by atoms with Crippen molar-refractivity contribution in [2.24, 2.45) is 0 Å². The molecular weight excluding hydrogens is 380 g/mol. The Bertz CT molecular complexity index is 888. The van der Waals surface area contributed by atoms with Gasteiger partial charge in [0.2, 0.25) is 11.8 Å². The quantitative estimate of drug-likeness (QED) is 0.700. The zero-order valence-corrected chi connectivity index (χ0v) is 14.4. The topological polar surface area (TPSA) is 86.7 Å². The van der Waals surface area contributed by atoms with Crippen molar-refractivity contribution >= 4 is 35.2 Å². The lowest BCUT2D eigenvalue weighted by Crippen LogP contribution is -2.31. The Morgan fingerprint density at radius 2 is 1.81 bits per heavy atom. The standard InChI is InChI=1S/C18H13F2NO5S/c19-18(20)26-11-7-5-10(6-8-11)21-15(22)9-14(16(21)23)27-13-4-2-1-3-12(13)17(24)25/h1-8,14,18H,9H2,(H,24,25)/p-1. The van der Waals surface area contributed by atoms with E-state index in [4.69, 9.17) is 0 Å². The number of imide groups is 1. The number of ether oxygens (including phenoxy) is 1. The fourth-order valence-corrected chi connectivity index (χ4v) is 3.81. The van der Waals surface area contributed by atoms with E-state index in [1.165, 1.54) is 42.5 Å². The van der Waals surface area contributed by atoms with Gasteiger partial charge in [-0.3, -0.25) is 9.59 Å². The molecule has 0 bridgehead atoms. The summed E-state index contributed by atoms with van der Waals surface area (Å²) >= 11 is 0.971. The number of alkyl halides is 2. The van der Waals surface area contributed by atoms with E-state index in [0.717, 1.165) is 16.7 Å². The number of hydrogen-bond acceptors (Lipinski definition) is 6. The van der Waals surface area contributed by atoms with Gasteiger partial charge in [0, 0.05) is 16.9 Å². The van der Waals surface area contributed by atoms with Crippen LogP contribution in [0, 0.1) is 0 Å². The Kier molecular flexibility index (Phi) is 5.41. The fraction of sp³-hybridized carbons (Fsp3) is 0.167. The Balaban J connectivity index is 1.78. The van der Waals surface area contributed by atoms with Crippen LogP contribution < -0.4 is 14.7 Å².